The summed E-state index contributed by atoms with van der Waals surface area (Å²) >= 11 is 0. The fraction of sp³-hybridized carbons (Fsp3) is 0.571. The van der Waals surface area contributed by atoms with Crippen molar-refractivity contribution in [1.82, 2.24) is 0 Å². The average molecular weight is 235 g/mol. The predicted molar refractivity (Wildman–Crippen MR) is 68.1 cm³/mol. The molecular formula is C14H21NO2. The van der Waals surface area contributed by atoms with Crippen molar-refractivity contribution < 1.29 is 9.84 Å². The van der Waals surface area contributed by atoms with E-state index in [9.17, 15) is 5.11 Å². The van der Waals surface area contributed by atoms with Gasteiger partial charge in [0, 0.05) is 0 Å². The first kappa shape index (κ1) is 12.4. The van der Waals surface area contributed by atoms with Crippen molar-refractivity contribution in [2.75, 3.05) is 13.2 Å². The summed E-state index contributed by atoms with van der Waals surface area (Å²) in [5.74, 6) is 1.25. The molecule has 0 heterocycles. The Morgan fingerprint density at radius 1 is 1.29 bits per heavy atom. The third kappa shape index (κ3) is 2.99. The summed E-state index contributed by atoms with van der Waals surface area (Å²) in [6, 6.07) is 6.10. The molecule has 0 radical (unpaired) electrons. The number of aryl methyl sites for hydroxylation is 2. The Kier molecular flexibility index (Phi) is 3.40. The number of rotatable bonds is 5. The lowest BCUT2D eigenvalue weighted by Gasteiger charge is -2.27. The van der Waals surface area contributed by atoms with Crippen LogP contribution in [-0.2, 0) is 0 Å². The number of aliphatic hydroxyl groups excluding tert-OH is 1. The van der Waals surface area contributed by atoms with Crippen LogP contribution in [0, 0.1) is 19.8 Å². The number of aliphatic hydroxyl groups is 1. The van der Waals surface area contributed by atoms with Gasteiger partial charge in [0.1, 0.15) is 12.4 Å². The Labute approximate surface area is 103 Å². The van der Waals surface area contributed by atoms with Crippen molar-refractivity contribution in [2.45, 2.75) is 32.2 Å². The van der Waals surface area contributed by atoms with Gasteiger partial charge in [0.25, 0.3) is 0 Å². The summed E-state index contributed by atoms with van der Waals surface area (Å²) in [6.07, 6.45) is 2.21. The van der Waals surface area contributed by atoms with Gasteiger partial charge in [0.2, 0.25) is 0 Å². The maximum Gasteiger partial charge on any atom is 0.119 e. The minimum absolute atomic E-state index is 0.0114. The van der Waals surface area contributed by atoms with Crippen LogP contribution in [0.25, 0.3) is 0 Å². The van der Waals surface area contributed by atoms with Crippen LogP contribution < -0.4 is 10.5 Å². The highest BCUT2D eigenvalue weighted by atomic mass is 16.5. The van der Waals surface area contributed by atoms with E-state index in [2.05, 4.69) is 6.07 Å². The minimum Gasteiger partial charge on any atom is -0.492 e. The Morgan fingerprint density at radius 3 is 2.35 bits per heavy atom. The first-order valence-corrected chi connectivity index (χ1v) is 6.14. The minimum atomic E-state index is -0.572. The molecule has 0 aromatic heterocycles. The fourth-order valence-electron chi connectivity index (χ4n) is 2.18. The molecule has 0 aliphatic heterocycles. The second-order valence-electron chi connectivity index (χ2n) is 5.28. The van der Waals surface area contributed by atoms with Crippen LogP contribution in [0.3, 0.4) is 0 Å². The summed E-state index contributed by atoms with van der Waals surface area (Å²) in [7, 11) is 0. The normalized spacial score (nSPS) is 18.8. The van der Waals surface area contributed by atoms with Crippen molar-refractivity contribution in [3.05, 3.63) is 29.3 Å². The average Bonchev–Trinajstić information content (AvgIpc) is 3.08. The van der Waals surface area contributed by atoms with Gasteiger partial charge in [-0.15, -0.1) is 0 Å². The summed E-state index contributed by atoms with van der Waals surface area (Å²) in [6.45, 7) is 4.46. The van der Waals surface area contributed by atoms with Crippen molar-refractivity contribution in [3.8, 4) is 5.75 Å². The van der Waals surface area contributed by atoms with E-state index >= 15 is 0 Å². The first-order valence-electron chi connectivity index (χ1n) is 6.14. The maximum absolute atomic E-state index is 9.38. The van der Waals surface area contributed by atoms with E-state index in [1.165, 1.54) is 11.1 Å². The molecule has 1 unspecified atom stereocenters. The lowest BCUT2D eigenvalue weighted by Crippen LogP contribution is -2.51. The molecule has 94 valence electrons. The summed E-state index contributed by atoms with van der Waals surface area (Å²) in [4.78, 5) is 0. The van der Waals surface area contributed by atoms with Crippen molar-refractivity contribution in [1.29, 1.82) is 0 Å². The summed E-state index contributed by atoms with van der Waals surface area (Å²) < 4.78 is 5.74. The van der Waals surface area contributed by atoms with Crippen LogP contribution in [0.5, 0.6) is 5.75 Å². The monoisotopic (exact) mass is 235 g/mol. The molecule has 1 atom stereocenters. The molecule has 3 N–H and O–H groups in total. The van der Waals surface area contributed by atoms with Crippen LogP contribution in [0.2, 0.25) is 0 Å². The Bertz CT molecular complexity index is 381. The van der Waals surface area contributed by atoms with Gasteiger partial charge in [-0.1, -0.05) is 6.07 Å². The van der Waals surface area contributed by atoms with E-state index in [0.29, 0.717) is 12.5 Å². The molecule has 1 saturated carbocycles. The fourth-order valence-corrected chi connectivity index (χ4v) is 2.18. The smallest absolute Gasteiger partial charge is 0.119 e. The van der Waals surface area contributed by atoms with Gasteiger partial charge in [-0.05, 0) is 55.9 Å². The SMILES string of the molecule is Cc1cc(C)cc(OCC(N)(CO)C2CC2)c1. The van der Waals surface area contributed by atoms with Crippen LogP contribution in [0.1, 0.15) is 24.0 Å². The second-order valence-corrected chi connectivity index (χ2v) is 5.28. The highest BCUT2D eigenvalue weighted by Crippen LogP contribution is 2.38. The van der Waals surface area contributed by atoms with Crippen LogP contribution in [0.15, 0.2) is 18.2 Å². The van der Waals surface area contributed by atoms with Gasteiger partial charge in [-0.3, -0.25) is 0 Å². The quantitative estimate of drug-likeness (QED) is 0.818. The highest BCUT2D eigenvalue weighted by Gasteiger charge is 2.42. The van der Waals surface area contributed by atoms with Crippen molar-refractivity contribution in [2.24, 2.45) is 11.7 Å². The van der Waals surface area contributed by atoms with E-state index in [1.807, 2.05) is 26.0 Å². The molecule has 1 aliphatic carbocycles. The summed E-state index contributed by atoms with van der Waals surface area (Å²) in [5.41, 5.74) is 7.94. The third-order valence-electron chi connectivity index (χ3n) is 3.39. The molecular weight excluding hydrogens is 214 g/mol. The van der Waals surface area contributed by atoms with Gasteiger partial charge < -0.3 is 15.6 Å². The van der Waals surface area contributed by atoms with Gasteiger partial charge in [-0.2, -0.15) is 0 Å². The van der Waals surface area contributed by atoms with Crippen molar-refractivity contribution >= 4 is 0 Å². The number of benzene rings is 1. The van der Waals surface area contributed by atoms with E-state index in [4.69, 9.17) is 10.5 Å². The van der Waals surface area contributed by atoms with Gasteiger partial charge in [0.15, 0.2) is 0 Å². The molecule has 3 heteroatoms. The molecule has 1 aromatic rings. The molecule has 0 spiro atoms. The first-order chi connectivity index (χ1) is 8.03. The highest BCUT2D eigenvalue weighted by molar-refractivity contribution is 5.33. The molecule has 3 nitrogen and oxygen atoms in total. The molecule has 0 saturated heterocycles. The maximum atomic E-state index is 9.38. The zero-order valence-electron chi connectivity index (χ0n) is 10.6. The molecule has 1 aliphatic rings. The second kappa shape index (κ2) is 4.67. The van der Waals surface area contributed by atoms with Gasteiger partial charge in [0.05, 0.1) is 12.1 Å². The standard InChI is InChI=1S/C14H21NO2/c1-10-5-11(2)7-13(6-10)17-9-14(15,8-16)12-3-4-12/h5-7,12,16H,3-4,8-9,15H2,1-2H3. The van der Waals surface area contributed by atoms with Gasteiger partial charge in [-0.25, -0.2) is 0 Å². The van der Waals surface area contributed by atoms with E-state index in [0.717, 1.165) is 18.6 Å². The number of nitrogens with two attached hydrogens (primary N) is 1. The molecule has 0 amide bonds. The molecule has 2 rings (SSSR count). The zero-order valence-corrected chi connectivity index (χ0v) is 10.6. The Morgan fingerprint density at radius 2 is 1.88 bits per heavy atom. The molecule has 0 bridgehead atoms. The Hall–Kier alpha value is -1.06. The number of ether oxygens (including phenoxy) is 1. The van der Waals surface area contributed by atoms with Gasteiger partial charge >= 0.3 is 0 Å². The van der Waals surface area contributed by atoms with E-state index in [1.54, 1.807) is 0 Å². The zero-order chi connectivity index (χ0) is 12.5. The largest absolute Gasteiger partial charge is 0.492 e. The van der Waals surface area contributed by atoms with E-state index < -0.39 is 5.54 Å². The van der Waals surface area contributed by atoms with Crippen LogP contribution in [0.4, 0.5) is 0 Å². The third-order valence-corrected chi connectivity index (χ3v) is 3.39. The molecule has 1 aromatic carbocycles. The summed E-state index contributed by atoms with van der Waals surface area (Å²) in [5, 5.41) is 9.38. The van der Waals surface area contributed by atoms with Crippen molar-refractivity contribution in [3.63, 3.8) is 0 Å². The Balaban J connectivity index is 2.01. The lowest BCUT2D eigenvalue weighted by atomic mass is 9.97. The molecule has 17 heavy (non-hydrogen) atoms. The lowest BCUT2D eigenvalue weighted by molar-refractivity contribution is 0.117. The number of hydrogen-bond donors (Lipinski definition) is 2. The van der Waals surface area contributed by atoms with Crippen LogP contribution in [-0.4, -0.2) is 23.9 Å². The molecule has 1 fully saturated rings. The predicted octanol–water partition coefficient (Wildman–Crippen LogP) is 1.78. The van der Waals surface area contributed by atoms with Crippen LogP contribution >= 0.6 is 0 Å². The topological polar surface area (TPSA) is 55.5 Å². The van der Waals surface area contributed by atoms with E-state index in [-0.39, 0.29) is 6.61 Å². The number of hydrogen-bond acceptors (Lipinski definition) is 3.